The first kappa shape index (κ1) is 11.6. The maximum Gasteiger partial charge on any atom is 0.338 e. The van der Waals surface area contributed by atoms with Gasteiger partial charge in [0.1, 0.15) is 5.15 Å². The summed E-state index contributed by atoms with van der Waals surface area (Å²) in [5, 5.41) is 8.87. The predicted octanol–water partition coefficient (Wildman–Crippen LogP) is 3.41. The SMILES string of the molecule is Cc1ccccc1-c1ccc(C(=O)O)c(Cl)n1. The highest BCUT2D eigenvalue weighted by atomic mass is 35.5. The second-order valence-electron chi connectivity index (χ2n) is 3.65. The summed E-state index contributed by atoms with van der Waals surface area (Å²) in [5.74, 6) is -1.07. The van der Waals surface area contributed by atoms with Crippen molar-refractivity contribution in [3.63, 3.8) is 0 Å². The molecule has 0 bridgehead atoms. The van der Waals surface area contributed by atoms with E-state index in [0.29, 0.717) is 5.69 Å². The zero-order valence-corrected chi connectivity index (χ0v) is 9.90. The van der Waals surface area contributed by atoms with Gasteiger partial charge in [-0.3, -0.25) is 0 Å². The van der Waals surface area contributed by atoms with E-state index in [4.69, 9.17) is 16.7 Å². The summed E-state index contributed by atoms with van der Waals surface area (Å²) in [6.45, 7) is 1.97. The molecule has 1 N–H and O–H groups in total. The molecule has 0 spiro atoms. The molecular formula is C13H10ClNO2. The molecule has 2 rings (SSSR count). The van der Waals surface area contributed by atoms with Crippen molar-refractivity contribution in [2.45, 2.75) is 6.92 Å². The number of hydrogen-bond acceptors (Lipinski definition) is 2. The van der Waals surface area contributed by atoms with Gasteiger partial charge in [0.25, 0.3) is 0 Å². The van der Waals surface area contributed by atoms with Crippen LogP contribution in [0.2, 0.25) is 5.15 Å². The van der Waals surface area contributed by atoms with E-state index in [1.807, 2.05) is 31.2 Å². The predicted molar refractivity (Wildman–Crippen MR) is 66.4 cm³/mol. The molecular weight excluding hydrogens is 238 g/mol. The number of carbonyl (C=O) groups is 1. The minimum absolute atomic E-state index is 0.0123. The Morgan fingerprint density at radius 1 is 1.24 bits per heavy atom. The van der Waals surface area contributed by atoms with Crippen LogP contribution < -0.4 is 0 Å². The average molecular weight is 248 g/mol. The summed E-state index contributed by atoms with van der Waals surface area (Å²) in [6, 6.07) is 10.9. The van der Waals surface area contributed by atoms with Gasteiger partial charge in [0.05, 0.1) is 11.3 Å². The van der Waals surface area contributed by atoms with Gasteiger partial charge in [-0.05, 0) is 24.6 Å². The summed E-state index contributed by atoms with van der Waals surface area (Å²) in [7, 11) is 0. The first-order chi connectivity index (χ1) is 8.09. The molecule has 0 aliphatic carbocycles. The van der Waals surface area contributed by atoms with Gasteiger partial charge in [0, 0.05) is 5.56 Å². The van der Waals surface area contributed by atoms with Crippen molar-refractivity contribution >= 4 is 17.6 Å². The van der Waals surface area contributed by atoms with Crippen LogP contribution in [0.15, 0.2) is 36.4 Å². The lowest BCUT2D eigenvalue weighted by molar-refractivity contribution is 0.0696. The van der Waals surface area contributed by atoms with Crippen molar-refractivity contribution in [1.29, 1.82) is 0 Å². The van der Waals surface area contributed by atoms with Gasteiger partial charge in [-0.25, -0.2) is 9.78 Å². The number of carboxylic acid groups (broad SMARTS) is 1. The van der Waals surface area contributed by atoms with Gasteiger partial charge in [-0.1, -0.05) is 35.9 Å². The Morgan fingerprint density at radius 3 is 2.53 bits per heavy atom. The Bertz CT molecular complexity index is 581. The average Bonchev–Trinajstić information content (AvgIpc) is 2.29. The van der Waals surface area contributed by atoms with E-state index in [1.54, 1.807) is 6.07 Å². The number of pyridine rings is 1. The Morgan fingerprint density at radius 2 is 1.94 bits per heavy atom. The maximum atomic E-state index is 10.8. The molecule has 17 heavy (non-hydrogen) atoms. The molecule has 4 heteroatoms. The Kier molecular flexibility index (Phi) is 3.11. The van der Waals surface area contributed by atoms with E-state index in [-0.39, 0.29) is 10.7 Å². The molecule has 2 aromatic rings. The molecule has 0 fully saturated rings. The number of carboxylic acids is 1. The lowest BCUT2D eigenvalue weighted by Gasteiger charge is -2.06. The van der Waals surface area contributed by atoms with Crippen LogP contribution in [0.5, 0.6) is 0 Å². The Labute approximate surface area is 104 Å². The third-order valence-electron chi connectivity index (χ3n) is 2.50. The van der Waals surface area contributed by atoms with E-state index in [2.05, 4.69) is 4.98 Å². The van der Waals surface area contributed by atoms with Gasteiger partial charge in [0.15, 0.2) is 0 Å². The van der Waals surface area contributed by atoms with Gasteiger partial charge in [-0.15, -0.1) is 0 Å². The van der Waals surface area contributed by atoms with Gasteiger partial charge >= 0.3 is 5.97 Å². The summed E-state index contributed by atoms with van der Waals surface area (Å²) in [4.78, 5) is 14.9. The van der Waals surface area contributed by atoms with Crippen molar-refractivity contribution in [2.75, 3.05) is 0 Å². The molecule has 0 aliphatic heterocycles. The first-order valence-corrected chi connectivity index (χ1v) is 5.43. The molecule has 86 valence electrons. The van der Waals surface area contributed by atoms with Crippen LogP contribution in [0.3, 0.4) is 0 Å². The number of aromatic carboxylic acids is 1. The van der Waals surface area contributed by atoms with Crippen LogP contribution in [0.4, 0.5) is 0 Å². The summed E-state index contributed by atoms with van der Waals surface area (Å²) in [5.41, 5.74) is 2.72. The third-order valence-corrected chi connectivity index (χ3v) is 2.79. The van der Waals surface area contributed by atoms with Crippen LogP contribution in [0.1, 0.15) is 15.9 Å². The van der Waals surface area contributed by atoms with Crippen molar-refractivity contribution in [1.82, 2.24) is 4.98 Å². The number of hydrogen-bond donors (Lipinski definition) is 1. The van der Waals surface area contributed by atoms with Crippen LogP contribution in [-0.2, 0) is 0 Å². The molecule has 1 aromatic heterocycles. The van der Waals surface area contributed by atoms with Crippen molar-refractivity contribution in [3.8, 4) is 11.3 Å². The summed E-state index contributed by atoms with van der Waals surface area (Å²) >= 11 is 5.83. The maximum absolute atomic E-state index is 10.8. The fraction of sp³-hybridized carbons (Fsp3) is 0.0769. The fourth-order valence-corrected chi connectivity index (χ4v) is 1.84. The van der Waals surface area contributed by atoms with Crippen molar-refractivity contribution < 1.29 is 9.90 Å². The summed E-state index contributed by atoms with van der Waals surface area (Å²) in [6.07, 6.45) is 0. The number of aromatic nitrogens is 1. The topological polar surface area (TPSA) is 50.2 Å². The largest absolute Gasteiger partial charge is 0.478 e. The minimum Gasteiger partial charge on any atom is -0.478 e. The Balaban J connectivity index is 2.52. The molecule has 0 amide bonds. The van der Waals surface area contributed by atoms with E-state index in [0.717, 1.165) is 11.1 Å². The smallest absolute Gasteiger partial charge is 0.338 e. The molecule has 0 aliphatic rings. The van der Waals surface area contributed by atoms with Crippen molar-refractivity contribution in [3.05, 3.63) is 52.7 Å². The number of nitrogens with zero attached hydrogens (tertiary/aromatic N) is 1. The molecule has 1 heterocycles. The van der Waals surface area contributed by atoms with E-state index in [9.17, 15) is 4.79 Å². The minimum atomic E-state index is -1.07. The first-order valence-electron chi connectivity index (χ1n) is 5.05. The molecule has 0 unspecified atom stereocenters. The molecule has 0 radical (unpaired) electrons. The number of benzene rings is 1. The lowest BCUT2D eigenvalue weighted by Crippen LogP contribution is -1.99. The molecule has 3 nitrogen and oxygen atoms in total. The van der Waals surface area contributed by atoms with Crippen LogP contribution in [0, 0.1) is 6.92 Å². The molecule has 0 saturated heterocycles. The monoisotopic (exact) mass is 247 g/mol. The molecule has 0 saturated carbocycles. The number of aryl methyl sites for hydroxylation is 1. The number of rotatable bonds is 2. The second-order valence-corrected chi connectivity index (χ2v) is 4.01. The zero-order chi connectivity index (χ0) is 12.4. The third kappa shape index (κ3) is 2.29. The van der Waals surface area contributed by atoms with Gasteiger partial charge in [0.2, 0.25) is 0 Å². The normalized spacial score (nSPS) is 10.2. The molecule has 1 aromatic carbocycles. The fourth-order valence-electron chi connectivity index (χ4n) is 1.60. The lowest BCUT2D eigenvalue weighted by atomic mass is 10.0. The van der Waals surface area contributed by atoms with E-state index < -0.39 is 5.97 Å². The quantitative estimate of drug-likeness (QED) is 0.828. The van der Waals surface area contributed by atoms with Crippen LogP contribution in [0.25, 0.3) is 11.3 Å². The highest BCUT2D eigenvalue weighted by Gasteiger charge is 2.11. The summed E-state index contributed by atoms with van der Waals surface area (Å²) < 4.78 is 0. The van der Waals surface area contributed by atoms with Gasteiger partial charge < -0.3 is 5.11 Å². The van der Waals surface area contributed by atoms with Gasteiger partial charge in [-0.2, -0.15) is 0 Å². The molecule has 0 atom stereocenters. The van der Waals surface area contributed by atoms with Crippen molar-refractivity contribution in [2.24, 2.45) is 0 Å². The standard InChI is InChI=1S/C13H10ClNO2/c1-8-4-2-3-5-9(8)11-7-6-10(13(16)17)12(14)15-11/h2-7H,1H3,(H,16,17). The zero-order valence-electron chi connectivity index (χ0n) is 9.14. The second kappa shape index (κ2) is 4.55. The highest BCUT2D eigenvalue weighted by molar-refractivity contribution is 6.32. The highest BCUT2D eigenvalue weighted by Crippen LogP contribution is 2.24. The Hall–Kier alpha value is -1.87. The van der Waals surface area contributed by atoms with E-state index in [1.165, 1.54) is 6.07 Å². The van der Waals surface area contributed by atoms with Crippen LogP contribution >= 0.6 is 11.6 Å². The van der Waals surface area contributed by atoms with Crippen LogP contribution in [-0.4, -0.2) is 16.1 Å². The van der Waals surface area contributed by atoms with E-state index >= 15 is 0 Å². The number of halogens is 1.